The number of hydrogen-bond acceptors (Lipinski definition) is 8. The van der Waals surface area contributed by atoms with E-state index >= 15 is 0 Å². The van der Waals surface area contributed by atoms with Crippen LogP contribution in [0.25, 0.3) is 11.0 Å². The summed E-state index contributed by atoms with van der Waals surface area (Å²) in [5.74, 6) is 2.10. The molecule has 9 heteroatoms. The lowest BCUT2D eigenvalue weighted by atomic mass is 10.0. The molecule has 0 saturated carbocycles. The van der Waals surface area contributed by atoms with Crippen LogP contribution in [0.5, 0.6) is 0 Å². The number of terminal acetylenes is 1. The molecule has 2 rings (SSSR count). The van der Waals surface area contributed by atoms with Crippen molar-refractivity contribution in [1.82, 2.24) is 5.32 Å². The molecule has 1 aromatic heterocycles. The van der Waals surface area contributed by atoms with E-state index in [0.717, 1.165) is 5.39 Å². The topological polar surface area (TPSA) is 122 Å². The number of nitrogens with one attached hydrogen (secondary N) is 1. The van der Waals surface area contributed by atoms with Crippen molar-refractivity contribution in [2.24, 2.45) is 0 Å². The molecular weight excluding hydrogens is 416 g/mol. The van der Waals surface area contributed by atoms with Gasteiger partial charge in [-0.3, -0.25) is 4.79 Å². The summed E-state index contributed by atoms with van der Waals surface area (Å²) in [6.07, 6.45) is 4.99. The predicted octanol–water partition coefficient (Wildman–Crippen LogP) is 1.04. The fourth-order valence-electron chi connectivity index (χ4n) is 2.89. The van der Waals surface area contributed by atoms with Crippen LogP contribution in [0.4, 0.5) is 5.69 Å². The van der Waals surface area contributed by atoms with Gasteiger partial charge in [-0.1, -0.05) is 5.92 Å². The van der Waals surface area contributed by atoms with E-state index in [1.54, 1.807) is 25.1 Å². The summed E-state index contributed by atoms with van der Waals surface area (Å²) in [7, 11) is 0. The zero-order valence-corrected chi connectivity index (χ0v) is 18.3. The van der Waals surface area contributed by atoms with Crippen molar-refractivity contribution in [3.63, 3.8) is 0 Å². The maximum Gasteiger partial charge on any atom is 0.340 e. The molecule has 0 bridgehead atoms. The molecule has 0 aliphatic carbocycles. The summed E-state index contributed by atoms with van der Waals surface area (Å²) in [5.41, 5.74) is 7.15. The first-order valence-corrected chi connectivity index (χ1v) is 10.4. The van der Waals surface area contributed by atoms with Gasteiger partial charge >= 0.3 is 5.63 Å². The second-order valence-electron chi connectivity index (χ2n) is 6.87. The van der Waals surface area contributed by atoms with E-state index in [2.05, 4.69) is 11.2 Å². The quantitative estimate of drug-likeness (QED) is 0.180. The zero-order chi connectivity index (χ0) is 23.2. The number of amides is 1. The van der Waals surface area contributed by atoms with Crippen LogP contribution in [0.1, 0.15) is 11.1 Å². The standard InChI is InChI=1S/C23H30N2O7/c1-3-7-28-9-11-30-13-14-31-12-10-29-8-6-25-22(26)16-20-17(2)19-5-4-18(24)15-21(19)32-23(20)27/h1,4-5,15H,6-14,16,24H2,2H3,(H,25,26). The molecule has 1 amide bonds. The summed E-state index contributed by atoms with van der Waals surface area (Å²) < 4.78 is 26.5. The fourth-order valence-corrected chi connectivity index (χ4v) is 2.89. The minimum Gasteiger partial charge on any atom is -0.422 e. The lowest BCUT2D eigenvalue weighted by Gasteiger charge is -2.09. The van der Waals surface area contributed by atoms with Crippen LogP contribution in [0.3, 0.4) is 0 Å². The van der Waals surface area contributed by atoms with Gasteiger partial charge in [0.05, 0.1) is 58.2 Å². The number of fused-ring (bicyclic) bond motifs is 1. The van der Waals surface area contributed by atoms with Gasteiger partial charge in [0.1, 0.15) is 12.2 Å². The van der Waals surface area contributed by atoms with Gasteiger partial charge in [-0.25, -0.2) is 4.79 Å². The smallest absolute Gasteiger partial charge is 0.340 e. The Balaban J connectivity index is 1.56. The van der Waals surface area contributed by atoms with Gasteiger partial charge in [0, 0.05) is 23.7 Å². The average Bonchev–Trinajstić information content (AvgIpc) is 2.76. The van der Waals surface area contributed by atoms with E-state index in [4.69, 9.17) is 35.5 Å². The monoisotopic (exact) mass is 446 g/mol. The molecule has 9 nitrogen and oxygen atoms in total. The Hall–Kier alpha value is -2.90. The molecule has 0 aliphatic heterocycles. The Bertz CT molecular complexity index is 965. The Morgan fingerprint density at radius 1 is 1.06 bits per heavy atom. The van der Waals surface area contributed by atoms with Gasteiger partial charge in [-0.2, -0.15) is 0 Å². The molecule has 0 atom stereocenters. The maximum absolute atomic E-state index is 12.3. The Morgan fingerprint density at radius 2 is 1.69 bits per heavy atom. The normalized spacial score (nSPS) is 10.9. The molecular formula is C23H30N2O7. The number of carbonyl (C=O) groups excluding carboxylic acids is 1. The second kappa shape index (κ2) is 14.2. The number of rotatable bonds is 15. The minimum absolute atomic E-state index is 0.0641. The van der Waals surface area contributed by atoms with E-state index < -0.39 is 5.63 Å². The molecule has 0 spiro atoms. The van der Waals surface area contributed by atoms with Crippen molar-refractivity contribution < 1.29 is 28.2 Å². The predicted molar refractivity (Wildman–Crippen MR) is 120 cm³/mol. The Morgan fingerprint density at radius 3 is 2.34 bits per heavy atom. The molecule has 0 fully saturated rings. The molecule has 174 valence electrons. The van der Waals surface area contributed by atoms with Crippen molar-refractivity contribution in [1.29, 1.82) is 0 Å². The largest absolute Gasteiger partial charge is 0.422 e. The zero-order valence-electron chi connectivity index (χ0n) is 18.3. The molecule has 2 aromatic rings. The Labute approximate surface area is 187 Å². The number of aryl methyl sites for hydroxylation is 1. The van der Waals surface area contributed by atoms with Crippen molar-refractivity contribution in [3.8, 4) is 12.3 Å². The summed E-state index contributed by atoms with van der Waals surface area (Å²) in [6.45, 7) is 5.41. The molecule has 0 unspecified atom stereocenters. The van der Waals surface area contributed by atoms with Crippen LogP contribution < -0.4 is 16.7 Å². The SMILES string of the molecule is C#CCOCCOCCOCCOCCNC(=O)Cc1c(C)c2ccc(N)cc2oc1=O. The lowest BCUT2D eigenvalue weighted by molar-refractivity contribution is -0.120. The summed E-state index contributed by atoms with van der Waals surface area (Å²) >= 11 is 0. The van der Waals surface area contributed by atoms with Gasteiger partial charge in [0.15, 0.2) is 0 Å². The molecule has 0 radical (unpaired) electrons. The first-order valence-electron chi connectivity index (χ1n) is 10.4. The van der Waals surface area contributed by atoms with Crippen LogP contribution in [0, 0.1) is 19.3 Å². The molecule has 1 aromatic carbocycles. The third-order valence-electron chi connectivity index (χ3n) is 4.52. The molecule has 3 N–H and O–H groups in total. The number of nitrogens with two attached hydrogens (primary N) is 1. The van der Waals surface area contributed by atoms with E-state index in [1.807, 2.05) is 0 Å². The highest BCUT2D eigenvalue weighted by molar-refractivity contribution is 5.86. The van der Waals surface area contributed by atoms with Crippen molar-refractivity contribution >= 4 is 22.6 Å². The minimum atomic E-state index is -0.534. The number of anilines is 1. The van der Waals surface area contributed by atoms with Crippen molar-refractivity contribution in [3.05, 3.63) is 39.7 Å². The van der Waals surface area contributed by atoms with Gasteiger partial charge < -0.3 is 34.4 Å². The van der Waals surface area contributed by atoms with Crippen LogP contribution in [-0.4, -0.2) is 65.3 Å². The number of hydrogen-bond donors (Lipinski definition) is 2. The van der Waals surface area contributed by atoms with Gasteiger partial charge in [0.25, 0.3) is 0 Å². The lowest BCUT2D eigenvalue weighted by Crippen LogP contribution is -2.30. The van der Waals surface area contributed by atoms with Crippen molar-refractivity contribution in [2.75, 3.05) is 65.1 Å². The molecule has 0 aliphatic rings. The van der Waals surface area contributed by atoms with Crippen molar-refractivity contribution in [2.45, 2.75) is 13.3 Å². The van der Waals surface area contributed by atoms with Crippen LogP contribution in [0.15, 0.2) is 27.4 Å². The van der Waals surface area contributed by atoms with E-state index in [1.165, 1.54) is 0 Å². The second-order valence-corrected chi connectivity index (χ2v) is 6.87. The van der Waals surface area contributed by atoms with Gasteiger partial charge in [-0.05, 0) is 24.6 Å². The molecule has 1 heterocycles. The summed E-state index contributed by atoms with van der Waals surface area (Å²) in [5, 5.41) is 3.49. The van der Waals surface area contributed by atoms with Crippen LogP contribution >= 0.6 is 0 Å². The Kier molecular flexibility index (Phi) is 11.3. The van der Waals surface area contributed by atoms with Gasteiger partial charge in [-0.15, -0.1) is 6.42 Å². The average molecular weight is 447 g/mol. The fraction of sp³-hybridized carbons (Fsp3) is 0.478. The maximum atomic E-state index is 12.3. The first kappa shape index (κ1) is 25.4. The van der Waals surface area contributed by atoms with Gasteiger partial charge in [0.2, 0.25) is 5.91 Å². The number of ether oxygens (including phenoxy) is 4. The van der Waals surface area contributed by atoms with E-state index in [9.17, 15) is 9.59 Å². The van der Waals surface area contributed by atoms with E-state index in [-0.39, 0.29) is 18.9 Å². The third kappa shape index (κ3) is 8.69. The first-order chi connectivity index (χ1) is 15.5. The van der Waals surface area contributed by atoms with Crippen LogP contribution in [-0.2, 0) is 30.2 Å². The number of benzene rings is 1. The van der Waals surface area contributed by atoms with Crippen LogP contribution in [0.2, 0.25) is 0 Å². The summed E-state index contributed by atoms with van der Waals surface area (Å²) in [4.78, 5) is 24.5. The number of nitrogen functional groups attached to an aromatic ring is 1. The van der Waals surface area contributed by atoms with E-state index in [0.29, 0.717) is 75.2 Å². The highest BCUT2D eigenvalue weighted by Gasteiger charge is 2.14. The molecule has 0 saturated heterocycles. The number of carbonyl (C=O) groups is 1. The highest BCUT2D eigenvalue weighted by atomic mass is 16.6. The third-order valence-corrected chi connectivity index (χ3v) is 4.52. The summed E-state index contributed by atoms with van der Waals surface area (Å²) in [6, 6.07) is 5.10. The highest BCUT2D eigenvalue weighted by Crippen LogP contribution is 2.21. The molecule has 32 heavy (non-hydrogen) atoms.